The topological polar surface area (TPSA) is 90.4 Å². The third-order valence-electron chi connectivity index (χ3n) is 4.16. The zero-order chi connectivity index (χ0) is 19.6. The molecule has 0 saturated carbocycles. The quantitative estimate of drug-likeness (QED) is 0.679. The standard InChI is InChI=1S/C20H24N4O3/c1-16(2)24(20(26)18-7-12-27-15-18)11-6-19(25)23(10-4-8-21)14-17-5-3-9-22-13-17/h3,5,7,9,12-13,15-16H,4,6,10-11,14H2,1-2H3. The molecule has 0 aliphatic heterocycles. The van der Waals surface area contributed by atoms with E-state index in [2.05, 4.69) is 11.1 Å². The van der Waals surface area contributed by atoms with Gasteiger partial charge in [-0.25, -0.2) is 0 Å². The maximum atomic E-state index is 12.7. The number of carbonyl (C=O) groups is 2. The van der Waals surface area contributed by atoms with E-state index < -0.39 is 0 Å². The van der Waals surface area contributed by atoms with E-state index in [1.165, 1.54) is 12.5 Å². The van der Waals surface area contributed by atoms with Crippen LogP contribution in [0.15, 0.2) is 47.5 Å². The van der Waals surface area contributed by atoms with Gasteiger partial charge in [-0.15, -0.1) is 0 Å². The molecular formula is C20H24N4O3. The summed E-state index contributed by atoms with van der Waals surface area (Å²) in [5.74, 6) is -0.262. The third kappa shape index (κ3) is 5.96. The maximum Gasteiger partial charge on any atom is 0.257 e. The van der Waals surface area contributed by atoms with Crippen LogP contribution in [-0.4, -0.2) is 45.7 Å². The fourth-order valence-corrected chi connectivity index (χ4v) is 2.71. The van der Waals surface area contributed by atoms with Gasteiger partial charge in [0.2, 0.25) is 5.91 Å². The Labute approximate surface area is 159 Å². The van der Waals surface area contributed by atoms with Gasteiger partial charge in [-0.1, -0.05) is 6.07 Å². The average molecular weight is 368 g/mol. The van der Waals surface area contributed by atoms with Crippen molar-refractivity contribution in [2.24, 2.45) is 0 Å². The van der Waals surface area contributed by atoms with Gasteiger partial charge >= 0.3 is 0 Å². The number of nitriles is 1. The highest BCUT2D eigenvalue weighted by Crippen LogP contribution is 2.12. The van der Waals surface area contributed by atoms with Gasteiger partial charge in [0.25, 0.3) is 5.91 Å². The monoisotopic (exact) mass is 368 g/mol. The maximum absolute atomic E-state index is 12.7. The van der Waals surface area contributed by atoms with Crippen molar-refractivity contribution in [1.82, 2.24) is 14.8 Å². The molecule has 2 rings (SSSR count). The van der Waals surface area contributed by atoms with Crippen molar-refractivity contribution in [3.05, 3.63) is 54.2 Å². The van der Waals surface area contributed by atoms with Crippen LogP contribution in [0.4, 0.5) is 0 Å². The Morgan fingerprint density at radius 1 is 1.30 bits per heavy atom. The molecule has 2 aromatic rings. The minimum absolute atomic E-state index is 0.0499. The average Bonchev–Trinajstić information content (AvgIpc) is 3.20. The Morgan fingerprint density at radius 3 is 2.70 bits per heavy atom. The lowest BCUT2D eigenvalue weighted by molar-refractivity contribution is -0.132. The second-order valence-corrected chi connectivity index (χ2v) is 6.44. The normalized spacial score (nSPS) is 10.4. The Kier molecular flexibility index (Phi) is 7.56. The number of amides is 2. The number of hydrogen-bond donors (Lipinski definition) is 0. The summed E-state index contributed by atoms with van der Waals surface area (Å²) < 4.78 is 4.98. The number of hydrogen-bond acceptors (Lipinski definition) is 5. The van der Waals surface area contributed by atoms with Crippen LogP contribution in [0, 0.1) is 11.3 Å². The first-order valence-electron chi connectivity index (χ1n) is 8.89. The van der Waals surface area contributed by atoms with Gasteiger partial charge < -0.3 is 14.2 Å². The summed E-state index contributed by atoms with van der Waals surface area (Å²) in [5.41, 5.74) is 1.37. The van der Waals surface area contributed by atoms with Gasteiger partial charge in [0.1, 0.15) is 6.26 Å². The summed E-state index contributed by atoms with van der Waals surface area (Å²) in [4.78, 5) is 32.7. The lowest BCUT2D eigenvalue weighted by Gasteiger charge is -2.28. The molecule has 27 heavy (non-hydrogen) atoms. The predicted molar refractivity (Wildman–Crippen MR) is 99.4 cm³/mol. The molecular weight excluding hydrogens is 344 g/mol. The fourth-order valence-electron chi connectivity index (χ4n) is 2.71. The van der Waals surface area contributed by atoms with E-state index in [9.17, 15) is 9.59 Å². The van der Waals surface area contributed by atoms with Crippen LogP contribution in [0.3, 0.4) is 0 Å². The minimum atomic E-state index is -0.164. The SMILES string of the molecule is CC(C)N(CCC(=O)N(CCC#N)Cc1cccnc1)C(=O)c1ccoc1. The second kappa shape index (κ2) is 10.1. The summed E-state index contributed by atoms with van der Waals surface area (Å²) in [6.45, 7) is 4.86. The molecule has 0 spiro atoms. The van der Waals surface area contributed by atoms with Gasteiger partial charge in [0, 0.05) is 44.5 Å². The van der Waals surface area contributed by atoms with Crippen molar-refractivity contribution in [3.63, 3.8) is 0 Å². The molecule has 0 atom stereocenters. The molecule has 0 aliphatic carbocycles. The zero-order valence-corrected chi connectivity index (χ0v) is 15.7. The van der Waals surface area contributed by atoms with E-state index in [4.69, 9.17) is 9.68 Å². The number of furan rings is 1. The van der Waals surface area contributed by atoms with E-state index >= 15 is 0 Å². The number of nitrogens with zero attached hydrogens (tertiary/aromatic N) is 4. The smallest absolute Gasteiger partial charge is 0.257 e. The van der Waals surface area contributed by atoms with Crippen molar-refractivity contribution in [3.8, 4) is 6.07 Å². The van der Waals surface area contributed by atoms with Gasteiger partial charge in [-0.2, -0.15) is 5.26 Å². The summed E-state index contributed by atoms with van der Waals surface area (Å²) in [6, 6.07) is 7.34. The molecule has 0 bridgehead atoms. The molecule has 7 heteroatoms. The van der Waals surface area contributed by atoms with E-state index in [0.717, 1.165) is 5.56 Å². The Hall–Kier alpha value is -3.14. The first kappa shape index (κ1) is 20.2. The summed E-state index contributed by atoms with van der Waals surface area (Å²) >= 11 is 0. The third-order valence-corrected chi connectivity index (χ3v) is 4.16. The van der Waals surface area contributed by atoms with Gasteiger partial charge in [0.15, 0.2) is 0 Å². The Morgan fingerprint density at radius 2 is 2.11 bits per heavy atom. The Balaban J connectivity index is 2.01. The van der Waals surface area contributed by atoms with Crippen molar-refractivity contribution in [2.75, 3.05) is 13.1 Å². The van der Waals surface area contributed by atoms with Crippen LogP contribution in [0.25, 0.3) is 0 Å². The van der Waals surface area contributed by atoms with Crippen molar-refractivity contribution in [2.45, 2.75) is 39.3 Å². The summed E-state index contributed by atoms with van der Waals surface area (Å²) in [5, 5.41) is 8.87. The molecule has 0 unspecified atom stereocenters. The van der Waals surface area contributed by atoms with Gasteiger partial charge in [0.05, 0.1) is 24.3 Å². The summed E-state index contributed by atoms with van der Waals surface area (Å²) in [7, 11) is 0. The second-order valence-electron chi connectivity index (χ2n) is 6.44. The summed E-state index contributed by atoms with van der Waals surface area (Å²) in [6.07, 6.45) is 6.68. The molecule has 0 radical (unpaired) electrons. The molecule has 0 N–H and O–H groups in total. The molecule has 0 fully saturated rings. The van der Waals surface area contributed by atoms with Crippen molar-refractivity contribution >= 4 is 11.8 Å². The van der Waals surface area contributed by atoms with Crippen LogP contribution in [0.2, 0.25) is 0 Å². The van der Waals surface area contributed by atoms with E-state index in [-0.39, 0.29) is 30.7 Å². The molecule has 0 saturated heterocycles. The Bertz CT molecular complexity index is 766. The first-order chi connectivity index (χ1) is 13.0. The lowest BCUT2D eigenvalue weighted by Crippen LogP contribution is -2.40. The van der Waals surface area contributed by atoms with E-state index in [0.29, 0.717) is 25.2 Å². The highest BCUT2D eigenvalue weighted by atomic mass is 16.3. The molecule has 7 nitrogen and oxygen atoms in total. The number of aromatic nitrogens is 1. The van der Waals surface area contributed by atoms with Crippen LogP contribution in [0.5, 0.6) is 0 Å². The molecule has 142 valence electrons. The number of pyridine rings is 1. The molecule has 2 aromatic heterocycles. The largest absolute Gasteiger partial charge is 0.472 e. The van der Waals surface area contributed by atoms with Crippen molar-refractivity contribution < 1.29 is 14.0 Å². The van der Waals surface area contributed by atoms with Crippen LogP contribution in [-0.2, 0) is 11.3 Å². The molecule has 0 aliphatic rings. The fraction of sp³-hybridized carbons (Fsp3) is 0.400. The highest BCUT2D eigenvalue weighted by Gasteiger charge is 2.22. The number of carbonyl (C=O) groups excluding carboxylic acids is 2. The van der Waals surface area contributed by atoms with Gasteiger partial charge in [-0.05, 0) is 31.5 Å². The highest BCUT2D eigenvalue weighted by molar-refractivity contribution is 5.94. The molecule has 2 heterocycles. The van der Waals surface area contributed by atoms with E-state index in [1.54, 1.807) is 28.3 Å². The van der Waals surface area contributed by atoms with Crippen LogP contribution in [0.1, 0.15) is 42.6 Å². The minimum Gasteiger partial charge on any atom is -0.472 e. The van der Waals surface area contributed by atoms with E-state index in [1.807, 2.05) is 26.0 Å². The molecule has 2 amide bonds. The molecule has 0 aromatic carbocycles. The lowest BCUT2D eigenvalue weighted by atomic mass is 10.2. The van der Waals surface area contributed by atoms with Crippen molar-refractivity contribution in [1.29, 1.82) is 5.26 Å². The van der Waals surface area contributed by atoms with Crippen LogP contribution < -0.4 is 0 Å². The first-order valence-corrected chi connectivity index (χ1v) is 8.89. The zero-order valence-electron chi connectivity index (χ0n) is 15.7. The predicted octanol–water partition coefficient (Wildman–Crippen LogP) is 2.86. The van der Waals surface area contributed by atoms with Gasteiger partial charge in [-0.3, -0.25) is 14.6 Å². The number of rotatable bonds is 9. The van der Waals surface area contributed by atoms with Crippen LogP contribution >= 0.6 is 0 Å².